The smallest absolute Gasteiger partial charge is 0.326 e. The summed E-state index contributed by atoms with van der Waals surface area (Å²) in [5.74, 6) is -5.83. The number of carbonyl (C=O) groups excluding carboxylic acids is 3. The van der Waals surface area contributed by atoms with Crippen molar-refractivity contribution >= 4 is 29.7 Å². The Labute approximate surface area is 137 Å². The van der Waals surface area contributed by atoms with E-state index in [2.05, 4.69) is 10.6 Å². The lowest BCUT2D eigenvalue weighted by Crippen LogP contribution is -2.56. The Balaban J connectivity index is 5.00. The quantitative estimate of drug-likeness (QED) is 0.246. The summed E-state index contributed by atoms with van der Waals surface area (Å²) in [5.41, 5.74) is 10.3. The molecule has 3 amide bonds. The molecule has 0 saturated heterocycles. The Morgan fingerprint density at radius 3 is 1.88 bits per heavy atom. The number of carbonyl (C=O) groups is 5. The van der Waals surface area contributed by atoms with Gasteiger partial charge in [-0.15, -0.1) is 0 Å². The minimum atomic E-state index is -1.54. The molecule has 0 saturated carbocycles. The predicted octanol–water partition coefficient (Wildman–Crippen LogP) is -2.63. The standard InChI is InChI=1S/C13H22N4O7/c1-5(2)10(17-11(21)6(14)3-9(19)20)12(22)16-7(13(23)24)4-8(15)18/h5-7,10H,3-4,14H2,1-2H3,(H2,15,18)(H,16,22)(H,17,21)(H,19,20)(H,23,24)/t6-,7-,10-/m0/s1. The second kappa shape index (κ2) is 9.45. The number of nitrogens with two attached hydrogens (primary N) is 2. The molecule has 0 aromatic rings. The topological polar surface area (TPSA) is 202 Å². The minimum Gasteiger partial charge on any atom is -0.481 e. The van der Waals surface area contributed by atoms with E-state index in [1.54, 1.807) is 13.8 Å². The summed E-state index contributed by atoms with van der Waals surface area (Å²) in [4.78, 5) is 56.4. The maximum absolute atomic E-state index is 12.2. The number of hydrogen-bond acceptors (Lipinski definition) is 6. The molecule has 0 aliphatic carbocycles. The van der Waals surface area contributed by atoms with Gasteiger partial charge in [-0.05, 0) is 5.92 Å². The Kier molecular flexibility index (Phi) is 8.39. The van der Waals surface area contributed by atoms with E-state index in [1.807, 2.05) is 0 Å². The summed E-state index contributed by atoms with van der Waals surface area (Å²) in [5, 5.41) is 21.9. The van der Waals surface area contributed by atoms with Crippen LogP contribution in [-0.4, -0.2) is 58.0 Å². The summed E-state index contributed by atoms with van der Waals surface area (Å²) < 4.78 is 0. The fourth-order valence-electron chi connectivity index (χ4n) is 1.74. The number of rotatable bonds is 10. The molecular formula is C13H22N4O7. The molecule has 0 radical (unpaired) electrons. The summed E-state index contributed by atoms with van der Waals surface area (Å²) in [6, 6.07) is -4.06. The van der Waals surface area contributed by atoms with Gasteiger partial charge in [0.1, 0.15) is 12.1 Å². The minimum absolute atomic E-state index is 0.450. The molecule has 136 valence electrons. The SMILES string of the molecule is CC(C)[C@H](NC(=O)[C@@H](N)CC(=O)O)C(=O)N[C@@H](CC(N)=O)C(=O)O. The Hall–Kier alpha value is -2.69. The molecule has 0 aromatic heterocycles. The number of aliphatic carboxylic acids is 2. The van der Waals surface area contributed by atoms with Gasteiger partial charge in [0, 0.05) is 0 Å². The highest BCUT2D eigenvalue weighted by Crippen LogP contribution is 2.04. The molecule has 0 bridgehead atoms. The Morgan fingerprint density at radius 2 is 1.50 bits per heavy atom. The first kappa shape index (κ1) is 21.3. The van der Waals surface area contributed by atoms with E-state index < -0.39 is 66.5 Å². The molecule has 3 atom stereocenters. The monoisotopic (exact) mass is 346 g/mol. The van der Waals surface area contributed by atoms with Gasteiger partial charge in [-0.1, -0.05) is 13.8 Å². The molecule has 0 heterocycles. The first-order chi connectivity index (χ1) is 11.0. The zero-order valence-electron chi connectivity index (χ0n) is 13.3. The molecule has 0 fully saturated rings. The maximum Gasteiger partial charge on any atom is 0.326 e. The summed E-state index contributed by atoms with van der Waals surface area (Å²) in [7, 11) is 0. The van der Waals surface area contributed by atoms with E-state index in [1.165, 1.54) is 0 Å². The summed E-state index contributed by atoms with van der Waals surface area (Å²) in [6.07, 6.45) is -1.24. The fraction of sp³-hybridized carbons (Fsp3) is 0.615. The van der Waals surface area contributed by atoms with Gasteiger partial charge in [0.05, 0.1) is 18.9 Å². The average molecular weight is 346 g/mol. The van der Waals surface area contributed by atoms with Crippen LogP contribution in [0.1, 0.15) is 26.7 Å². The molecule has 0 aliphatic heterocycles. The van der Waals surface area contributed by atoms with Crippen molar-refractivity contribution in [2.75, 3.05) is 0 Å². The number of nitrogens with one attached hydrogen (secondary N) is 2. The van der Waals surface area contributed by atoms with Crippen LogP contribution in [0.2, 0.25) is 0 Å². The second-order valence-corrected chi connectivity index (χ2v) is 5.50. The van der Waals surface area contributed by atoms with Gasteiger partial charge < -0.3 is 32.3 Å². The zero-order valence-corrected chi connectivity index (χ0v) is 13.3. The Morgan fingerprint density at radius 1 is 0.958 bits per heavy atom. The molecule has 11 nitrogen and oxygen atoms in total. The third-order valence-corrected chi connectivity index (χ3v) is 3.00. The van der Waals surface area contributed by atoms with Crippen LogP contribution in [0.3, 0.4) is 0 Å². The molecule has 24 heavy (non-hydrogen) atoms. The number of carboxylic acids is 2. The van der Waals surface area contributed by atoms with Crippen molar-refractivity contribution in [3.8, 4) is 0 Å². The average Bonchev–Trinajstić information content (AvgIpc) is 2.41. The number of primary amides is 1. The van der Waals surface area contributed by atoms with Crippen molar-refractivity contribution in [2.24, 2.45) is 17.4 Å². The van der Waals surface area contributed by atoms with E-state index in [4.69, 9.17) is 21.7 Å². The maximum atomic E-state index is 12.2. The van der Waals surface area contributed by atoms with Gasteiger partial charge in [-0.25, -0.2) is 4.79 Å². The highest BCUT2D eigenvalue weighted by molar-refractivity contribution is 5.94. The van der Waals surface area contributed by atoms with Crippen LogP contribution in [0.15, 0.2) is 0 Å². The van der Waals surface area contributed by atoms with E-state index in [0.29, 0.717) is 0 Å². The van der Waals surface area contributed by atoms with Gasteiger partial charge in [0.25, 0.3) is 0 Å². The number of hydrogen-bond donors (Lipinski definition) is 6. The molecule has 11 heteroatoms. The Bertz CT molecular complexity index is 520. The van der Waals surface area contributed by atoms with E-state index in [9.17, 15) is 24.0 Å². The van der Waals surface area contributed by atoms with Gasteiger partial charge in [-0.3, -0.25) is 19.2 Å². The number of carboxylic acid groups (broad SMARTS) is 2. The van der Waals surface area contributed by atoms with Gasteiger partial charge >= 0.3 is 11.9 Å². The van der Waals surface area contributed by atoms with E-state index in [0.717, 1.165) is 0 Å². The molecule has 0 rings (SSSR count). The third kappa shape index (κ3) is 7.54. The highest BCUT2D eigenvalue weighted by Gasteiger charge is 2.30. The highest BCUT2D eigenvalue weighted by atomic mass is 16.4. The summed E-state index contributed by atoms with van der Waals surface area (Å²) in [6.45, 7) is 3.16. The first-order valence-electron chi connectivity index (χ1n) is 7.04. The second-order valence-electron chi connectivity index (χ2n) is 5.50. The van der Waals surface area contributed by atoms with Crippen molar-refractivity contribution < 1.29 is 34.2 Å². The van der Waals surface area contributed by atoms with Crippen LogP contribution >= 0.6 is 0 Å². The van der Waals surface area contributed by atoms with Gasteiger partial charge in [0.2, 0.25) is 17.7 Å². The zero-order chi connectivity index (χ0) is 19.0. The van der Waals surface area contributed by atoms with Gasteiger partial charge in [-0.2, -0.15) is 0 Å². The van der Waals surface area contributed by atoms with E-state index in [-0.39, 0.29) is 0 Å². The molecule has 8 N–H and O–H groups in total. The van der Waals surface area contributed by atoms with Crippen LogP contribution in [0, 0.1) is 5.92 Å². The normalized spacial score (nSPS) is 14.3. The van der Waals surface area contributed by atoms with Crippen molar-refractivity contribution in [2.45, 2.75) is 44.8 Å². The molecular weight excluding hydrogens is 324 g/mol. The molecule has 0 aliphatic rings. The molecule has 0 unspecified atom stereocenters. The van der Waals surface area contributed by atoms with Gasteiger partial charge in [0.15, 0.2) is 0 Å². The first-order valence-corrected chi connectivity index (χ1v) is 7.04. The van der Waals surface area contributed by atoms with Crippen molar-refractivity contribution in [1.82, 2.24) is 10.6 Å². The lowest BCUT2D eigenvalue weighted by Gasteiger charge is -2.24. The van der Waals surface area contributed by atoms with Crippen LogP contribution in [-0.2, 0) is 24.0 Å². The van der Waals surface area contributed by atoms with Crippen LogP contribution in [0.5, 0.6) is 0 Å². The van der Waals surface area contributed by atoms with Crippen molar-refractivity contribution in [1.29, 1.82) is 0 Å². The van der Waals surface area contributed by atoms with Crippen LogP contribution < -0.4 is 22.1 Å². The van der Waals surface area contributed by atoms with Crippen molar-refractivity contribution in [3.63, 3.8) is 0 Å². The molecule has 0 spiro atoms. The lowest BCUT2D eigenvalue weighted by atomic mass is 10.0. The van der Waals surface area contributed by atoms with Crippen molar-refractivity contribution in [3.05, 3.63) is 0 Å². The summed E-state index contributed by atoms with van der Waals surface area (Å²) >= 11 is 0. The number of amides is 3. The largest absolute Gasteiger partial charge is 0.481 e. The third-order valence-electron chi connectivity index (χ3n) is 3.00. The molecule has 0 aromatic carbocycles. The van der Waals surface area contributed by atoms with Crippen LogP contribution in [0.4, 0.5) is 0 Å². The van der Waals surface area contributed by atoms with Crippen LogP contribution in [0.25, 0.3) is 0 Å². The van der Waals surface area contributed by atoms with E-state index >= 15 is 0 Å². The fourth-order valence-corrected chi connectivity index (χ4v) is 1.74. The lowest BCUT2D eigenvalue weighted by molar-refractivity contribution is -0.144. The predicted molar refractivity (Wildman–Crippen MR) is 80.4 cm³/mol.